The molecule has 3 heterocycles. The number of hydrogen-bond acceptors (Lipinski definition) is 3. The molecule has 0 saturated carbocycles. The first kappa shape index (κ1) is 18.2. The molecule has 2 aliphatic rings. The molecule has 146 valence electrons. The molecule has 2 atom stereocenters. The fourth-order valence-corrected chi connectivity index (χ4v) is 4.23. The van der Waals surface area contributed by atoms with Gasteiger partial charge in [-0.15, -0.1) is 0 Å². The van der Waals surface area contributed by atoms with E-state index < -0.39 is 24.5 Å². The zero-order valence-electron chi connectivity index (χ0n) is 15.2. The Morgan fingerprint density at radius 1 is 1.33 bits per heavy atom. The Kier molecular flexibility index (Phi) is 4.53. The third-order valence-electron chi connectivity index (χ3n) is 5.66. The van der Waals surface area contributed by atoms with E-state index in [0.29, 0.717) is 12.2 Å². The van der Waals surface area contributed by atoms with E-state index in [1.54, 1.807) is 16.9 Å². The van der Waals surface area contributed by atoms with Crippen LogP contribution in [0.15, 0.2) is 18.3 Å². The average Bonchev–Trinajstić information content (AvgIpc) is 3.03. The van der Waals surface area contributed by atoms with Crippen LogP contribution in [0.1, 0.15) is 49.0 Å². The molecule has 2 fully saturated rings. The number of hydrogen-bond donors (Lipinski definition) is 1. The first-order valence-corrected chi connectivity index (χ1v) is 9.32. The molecule has 27 heavy (non-hydrogen) atoms. The number of likely N-dealkylation sites (tertiary alicyclic amines) is 1. The van der Waals surface area contributed by atoms with Crippen LogP contribution >= 0.6 is 0 Å². The van der Waals surface area contributed by atoms with Gasteiger partial charge in [-0.1, -0.05) is 0 Å². The van der Waals surface area contributed by atoms with Gasteiger partial charge in [0, 0.05) is 18.5 Å². The number of rotatable bonds is 2. The Bertz CT molecular complexity index is 861. The zero-order valence-corrected chi connectivity index (χ0v) is 15.2. The van der Waals surface area contributed by atoms with Gasteiger partial charge in [0.05, 0.1) is 24.2 Å². The number of ether oxygens (including phenoxy) is 1. The molecule has 0 spiro atoms. The van der Waals surface area contributed by atoms with Crippen molar-refractivity contribution in [1.29, 1.82) is 0 Å². The third-order valence-corrected chi connectivity index (χ3v) is 5.66. The first-order chi connectivity index (χ1) is 12.9. The second-order valence-corrected chi connectivity index (χ2v) is 7.48. The minimum Gasteiger partial charge on any atom is -0.465 e. The van der Waals surface area contributed by atoms with Gasteiger partial charge in [0.25, 0.3) is 5.92 Å². The van der Waals surface area contributed by atoms with Crippen molar-refractivity contribution < 1.29 is 23.4 Å². The van der Waals surface area contributed by atoms with E-state index in [4.69, 9.17) is 9.84 Å². The number of benzene rings is 1. The summed E-state index contributed by atoms with van der Waals surface area (Å²) in [5.41, 5.74) is 2.13. The summed E-state index contributed by atoms with van der Waals surface area (Å²) in [7, 11) is 0. The highest BCUT2D eigenvalue weighted by Crippen LogP contribution is 2.42. The van der Waals surface area contributed by atoms with Crippen LogP contribution < -0.4 is 0 Å². The smallest absolute Gasteiger partial charge is 0.407 e. The van der Waals surface area contributed by atoms with Crippen molar-refractivity contribution in [2.24, 2.45) is 0 Å². The SMILES string of the molecule is Cc1cc2cnn(C3CCCCO3)c2cc1C1CCN(C(=O)O)CC1(F)F. The van der Waals surface area contributed by atoms with Gasteiger partial charge in [0.15, 0.2) is 6.23 Å². The van der Waals surface area contributed by atoms with E-state index in [2.05, 4.69) is 5.10 Å². The second-order valence-electron chi connectivity index (χ2n) is 7.48. The summed E-state index contributed by atoms with van der Waals surface area (Å²) in [5.74, 6) is -4.12. The molecule has 0 bridgehead atoms. The number of piperidine rings is 1. The number of amides is 1. The Balaban J connectivity index is 1.71. The van der Waals surface area contributed by atoms with Crippen molar-refractivity contribution in [3.63, 3.8) is 0 Å². The van der Waals surface area contributed by atoms with Crippen molar-refractivity contribution in [3.8, 4) is 0 Å². The van der Waals surface area contributed by atoms with Crippen LogP contribution in [0.25, 0.3) is 10.9 Å². The summed E-state index contributed by atoms with van der Waals surface area (Å²) in [6.07, 6.45) is 3.31. The van der Waals surface area contributed by atoms with Gasteiger partial charge in [0.2, 0.25) is 0 Å². The molecule has 1 amide bonds. The Morgan fingerprint density at radius 3 is 2.81 bits per heavy atom. The van der Waals surface area contributed by atoms with Crippen LogP contribution in [-0.4, -0.2) is 51.5 Å². The predicted octanol–water partition coefficient (Wildman–Crippen LogP) is 4.15. The fraction of sp³-hybridized carbons (Fsp3) is 0.579. The molecule has 2 aliphatic heterocycles. The van der Waals surface area contributed by atoms with Crippen LogP contribution in [-0.2, 0) is 4.74 Å². The van der Waals surface area contributed by atoms with Crippen LogP contribution in [0.3, 0.4) is 0 Å². The predicted molar refractivity (Wildman–Crippen MR) is 95.2 cm³/mol. The highest BCUT2D eigenvalue weighted by Gasteiger charge is 2.47. The van der Waals surface area contributed by atoms with E-state index in [9.17, 15) is 13.6 Å². The Hall–Kier alpha value is -2.22. The standard InChI is InChI=1S/C19H23F2N3O3/c1-12-8-13-10-22-24(17-4-2-3-7-27-17)16(13)9-14(12)15-5-6-23(18(25)26)11-19(15,20)21/h8-10,15,17H,2-7,11H2,1H3,(H,25,26). The molecule has 0 aliphatic carbocycles. The summed E-state index contributed by atoms with van der Waals surface area (Å²) < 4.78 is 37.1. The van der Waals surface area contributed by atoms with Crippen molar-refractivity contribution in [2.45, 2.75) is 50.7 Å². The lowest BCUT2D eigenvalue weighted by molar-refractivity contribution is -0.0762. The van der Waals surface area contributed by atoms with Gasteiger partial charge in [-0.2, -0.15) is 5.10 Å². The van der Waals surface area contributed by atoms with E-state index in [1.165, 1.54) is 0 Å². The lowest BCUT2D eigenvalue weighted by Crippen LogP contribution is -2.49. The summed E-state index contributed by atoms with van der Waals surface area (Å²) >= 11 is 0. The molecule has 8 heteroatoms. The fourth-order valence-electron chi connectivity index (χ4n) is 4.23. The average molecular weight is 379 g/mol. The van der Waals surface area contributed by atoms with E-state index in [1.807, 2.05) is 13.0 Å². The molecule has 1 aromatic carbocycles. The monoisotopic (exact) mass is 379 g/mol. The Labute approximate surface area is 155 Å². The molecule has 0 radical (unpaired) electrons. The number of aromatic nitrogens is 2. The highest BCUT2D eigenvalue weighted by atomic mass is 19.3. The largest absolute Gasteiger partial charge is 0.465 e. The van der Waals surface area contributed by atoms with Gasteiger partial charge in [-0.3, -0.25) is 0 Å². The minimum absolute atomic E-state index is 0.0969. The number of alkyl halides is 2. The maximum atomic E-state index is 14.8. The van der Waals surface area contributed by atoms with Gasteiger partial charge in [0.1, 0.15) is 0 Å². The van der Waals surface area contributed by atoms with Crippen LogP contribution in [0, 0.1) is 6.92 Å². The van der Waals surface area contributed by atoms with E-state index in [0.717, 1.165) is 40.6 Å². The lowest BCUT2D eigenvalue weighted by atomic mass is 9.83. The second kappa shape index (κ2) is 6.74. The third kappa shape index (κ3) is 3.26. The normalized spacial score (nSPS) is 25.7. The summed E-state index contributed by atoms with van der Waals surface area (Å²) in [6, 6.07) is 3.68. The van der Waals surface area contributed by atoms with Crippen LogP contribution in [0.5, 0.6) is 0 Å². The minimum atomic E-state index is -3.11. The van der Waals surface area contributed by atoms with Gasteiger partial charge < -0.3 is 14.7 Å². The molecule has 1 aromatic heterocycles. The molecule has 2 unspecified atom stereocenters. The lowest BCUT2D eigenvalue weighted by Gasteiger charge is -2.37. The number of carboxylic acid groups (broad SMARTS) is 1. The molecule has 6 nitrogen and oxygen atoms in total. The molecular formula is C19H23F2N3O3. The molecule has 1 N–H and O–H groups in total. The number of nitrogens with zero attached hydrogens (tertiary/aromatic N) is 3. The quantitative estimate of drug-likeness (QED) is 0.851. The van der Waals surface area contributed by atoms with E-state index >= 15 is 0 Å². The summed E-state index contributed by atoms with van der Waals surface area (Å²) in [6.45, 7) is 1.84. The molecule has 2 aromatic rings. The van der Waals surface area contributed by atoms with Crippen LogP contribution in [0.2, 0.25) is 0 Å². The summed E-state index contributed by atoms with van der Waals surface area (Å²) in [5, 5.41) is 14.4. The first-order valence-electron chi connectivity index (χ1n) is 9.32. The maximum Gasteiger partial charge on any atom is 0.407 e. The number of aryl methyl sites for hydroxylation is 1. The molecule has 2 saturated heterocycles. The van der Waals surface area contributed by atoms with Gasteiger partial charge in [-0.05, 0) is 55.9 Å². The van der Waals surface area contributed by atoms with Gasteiger partial charge in [-0.25, -0.2) is 18.3 Å². The zero-order chi connectivity index (χ0) is 19.2. The molecular weight excluding hydrogens is 356 g/mol. The maximum absolute atomic E-state index is 14.8. The Morgan fingerprint density at radius 2 is 2.15 bits per heavy atom. The highest BCUT2D eigenvalue weighted by molar-refractivity contribution is 5.81. The van der Waals surface area contributed by atoms with Crippen molar-refractivity contribution in [3.05, 3.63) is 29.5 Å². The van der Waals surface area contributed by atoms with Crippen LogP contribution in [0.4, 0.5) is 13.6 Å². The van der Waals surface area contributed by atoms with Gasteiger partial charge >= 0.3 is 6.09 Å². The molecule has 4 rings (SSSR count). The number of fused-ring (bicyclic) bond motifs is 1. The number of carbonyl (C=O) groups is 1. The van der Waals surface area contributed by atoms with Crippen molar-refractivity contribution in [1.82, 2.24) is 14.7 Å². The topological polar surface area (TPSA) is 67.6 Å². The van der Waals surface area contributed by atoms with Crippen molar-refractivity contribution in [2.75, 3.05) is 19.7 Å². The van der Waals surface area contributed by atoms with Crippen molar-refractivity contribution >= 4 is 17.0 Å². The van der Waals surface area contributed by atoms with E-state index in [-0.39, 0.29) is 19.2 Å². The summed E-state index contributed by atoms with van der Waals surface area (Å²) in [4.78, 5) is 11.9. The number of halogens is 2.